The number of carbonyl (C=O) groups is 1. The summed E-state index contributed by atoms with van der Waals surface area (Å²) in [6.07, 6.45) is 1.52. The van der Waals surface area contributed by atoms with Crippen LogP contribution in [0.2, 0.25) is 0 Å². The number of amides is 1. The largest absolute Gasteiger partial charge is 0.493 e. The number of hydrogen-bond donors (Lipinski definition) is 2. The molecule has 0 bridgehead atoms. The number of hydrazone groups is 1. The molecule has 1 aromatic heterocycles. The molecule has 0 unspecified atom stereocenters. The van der Waals surface area contributed by atoms with Crippen LogP contribution in [0.25, 0.3) is 11.3 Å². The van der Waals surface area contributed by atoms with Crippen molar-refractivity contribution in [2.45, 2.75) is 0 Å². The lowest BCUT2D eigenvalue weighted by molar-refractivity contribution is 0.0950. The molecule has 0 saturated heterocycles. The molecular formula is C19H17BrN4O3. The second kappa shape index (κ2) is 8.50. The molecule has 0 saturated carbocycles. The average Bonchev–Trinajstić information content (AvgIpc) is 3.18. The van der Waals surface area contributed by atoms with Crippen LogP contribution in [-0.4, -0.2) is 36.5 Å². The first-order chi connectivity index (χ1) is 13.1. The van der Waals surface area contributed by atoms with Gasteiger partial charge in [-0.15, -0.1) is 0 Å². The van der Waals surface area contributed by atoms with Crippen LogP contribution in [0.3, 0.4) is 0 Å². The Morgan fingerprint density at radius 1 is 1.11 bits per heavy atom. The third-order valence-corrected chi connectivity index (χ3v) is 4.28. The SMILES string of the molecule is COc1ccc(C=NNC(=O)c2cc(-c3ccc(Br)cc3)n[nH]2)cc1OC. The number of aromatic amines is 1. The minimum absolute atomic E-state index is 0.317. The maximum Gasteiger partial charge on any atom is 0.289 e. The van der Waals surface area contributed by atoms with Gasteiger partial charge in [-0.2, -0.15) is 10.2 Å². The molecule has 138 valence electrons. The highest BCUT2D eigenvalue weighted by atomic mass is 79.9. The predicted molar refractivity (Wildman–Crippen MR) is 106 cm³/mol. The summed E-state index contributed by atoms with van der Waals surface area (Å²) in [4.78, 5) is 12.2. The molecule has 0 aliphatic heterocycles. The lowest BCUT2D eigenvalue weighted by Gasteiger charge is -2.07. The Hall–Kier alpha value is -3.13. The standard InChI is InChI=1S/C19H17BrN4O3/c1-26-17-8-3-12(9-18(17)27-2)11-21-24-19(25)16-10-15(22-23-16)13-4-6-14(20)7-5-13/h3-11H,1-2H3,(H,22,23)(H,24,25). The first-order valence-corrected chi connectivity index (χ1v) is 8.77. The molecule has 0 atom stereocenters. The molecule has 3 rings (SSSR count). The summed E-state index contributed by atoms with van der Waals surface area (Å²) >= 11 is 3.39. The summed E-state index contributed by atoms with van der Waals surface area (Å²) in [5.74, 6) is 0.819. The molecular weight excluding hydrogens is 412 g/mol. The highest BCUT2D eigenvalue weighted by Gasteiger charge is 2.10. The fourth-order valence-corrected chi connectivity index (χ4v) is 2.63. The second-order valence-electron chi connectivity index (χ2n) is 5.49. The fraction of sp³-hybridized carbons (Fsp3) is 0.105. The van der Waals surface area contributed by atoms with E-state index >= 15 is 0 Å². The van der Waals surface area contributed by atoms with E-state index < -0.39 is 0 Å². The highest BCUT2D eigenvalue weighted by molar-refractivity contribution is 9.10. The monoisotopic (exact) mass is 428 g/mol. The van der Waals surface area contributed by atoms with E-state index in [1.54, 1.807) is 38.5 Å². The zero-order valence-corrected chi connectivity index (χ0v) is 16.3. The van der Waals surface area contributed by atoms with Gasteiger partial charge in [-0.1, -0.05) is 28.1 Å². The molecule has 1 amide bonds. The Balaban J connectivity index is 1.66. The Morgan fingerprint density at radius 2 is 1.85 bits per heavy atom. The number of nitrogens with one attached hydrogen (secondary N) is 2. The first kappa shape index (κ1) is 18.7. The van der Waals surface area contributed by atoms with Crippen molar-refractivity contribution in [1.82, 2.24) is 15.6 Å². The van der Waals surface area contributed by atoms with E-state index in [2.05, 4.69) is 36.7 Å². The zero-order valence-electron chi connectivity index (χ0n) is 14.7. The second-order valence-corrected chi connectivity index (χ2v) is 6.40. The van der Waals surface area contributed by atoms with Gasteiger partial charge in [0, 0.05) is 10.0 Å². The van der Waals surface area contributed by atoms with Gasteiger partial charge in [-0.25, -0.2) is 5.43 Å². The summed E-state index contributed by atoms with van der Waals surface area (Å²) in [6, 6.07) is 14.7. The summed E-state index contributed by atoms with van der Waals surface area (Å²) in [7, 11) is 3.13. The third kappa shape index (κ3) is 4.53. The van der Waals surface area contributed by atoms with Gasteiger partial charge in [0.05, 0.1) is 26.1 Å². The van der Waals surface area contributed by atoms with Gasteiger partial charge in [0.15, 0.2) is 11.5 Å². The molecule has 7 nitrogen and oxygen atoms in total. The Bertz CT molecular complexity index is 967. The van der Waals surface area contributed by atoms with Crippen LogP contribution in [0, 0.1) is 0 Å². The molecule has 3 aromatic rings. The van der Waals surface area contributed by atoms with E-state index in [0.717, 1.165) is 15.6 Å². The van der Waals surface area contributed by atoms with Crippen molar-refractivity contribution in [3.05, 3.63) is 64.3 Å². The molecule has 1 heterocycles. The minimum Gasteiger partial charge on any atom is -0.493 e. The Labute approximate surface area is 164 Å². The van der Waals surface area contributed by atoms with Crippen molar-refractivity contribution in [2.75, 3.05) is 14.2 Å². The van der Waals surface area contributed by atoms with Crippen molar-refractivity contribution >= 4 is 28.1 Å². The zero-order chi connectivity index (χ0) is 19.2. The van der Waals surface area contributed by atoms with Crippen LogP contribution in [0.5, 0.6) is 11.5 Å². The Morgan fingerprint density at radius 3 is 2.56 bits per heavy atom. The lowest BCUT2D eigenvalue weighted by atomic mass is 10.1. The molecule has 8 heteroatoms. The van der Waals surface area contributed by atoms with Gasteiger partial charge in [-0.05, 0) is 42.0 Å². The highest BCUT2D eigenvalue weighted by Crippen LogP contribution is 2.26. The number of nitrogens with zero attached hydrogens (tertiary/aromatic N) is 2. The molecule has 0 radical (unpaired) electrons. The lowest BCUT2D eigenvalue weighted by Crippen LogP contribution is -2.18. The number of hydrogen-bond acceptors (Lipinski definition) is 5. The van der Waals surface area contributed by atoms with Crippen LogP contribution in [0.15, 0.2) is 58.1 Å². The molecule has 0 aliphatic rings. The maximum absolute atomic E-state index is 12.2. The number of methoxy groups -OCH3 is 2. The van der Waals surface area contributed by atoms with Crippen LogP contribution in [-0.2, 0) is 0 Å². The molecule has 0 aliphatic carbocycles. The number of aromatic nitrogens is 2. The number of halogens is 1. The van der Waals surface area contributed by atoms with Crippen LogP contribution in [0.1, 0.15) is 16.1 Å². The summed E-state index contributed by atoms with van der Waals surface area (Å²) in [6.45, 7) is 0. The third-order valence-electron chi connectivity index (χ3n) is 3.75. The number of ether oxygens (including phenoxy) is 2. The molecule has 2 aromatic carbocycles. The summed E-state index contributed by atoms with van der Waals surface area (Å²) in [5.41, 5.74) is 5.12. The topological polar surface area (TPSA) is 88.6 Å². The maximum atomic E-state index is 12.2. The van der Waals surface area contributed by atoms with Gasteiger partial charge < -0.3 is 9.47 Å². The minimum atomic E-state index is -0.386. The van der Waals surface area contributed by atoms with Gasteiger partial charge in [0.1, 0.15) is 5.69 Å². The van der Waals surface area contributed by atoms with E-state index in [1.807, 2.05) is 24.3 Å². The van der Waals surface area contributed by atoms with Crippen LogP contribution < -0.4 is 14.9 Å². The van der Waals surface area contributed by atoms with Gasteiger partial charge in [0.2, 0.25) is 0 Å². The average molecular weight is 429 g/mol. The van der Waals surface area contributed by atoms with Gasteiger partial charge >= 0.3 is 0 Å². The molecule has 2 N–H and O–H groups in total. The van der Waals surface area contributed by atoms with E-state index in [1.165, 1.54) is 6.21 Å². The smallest absolute Gasteiger partial charge is 0.289 e. The number of carbonyl (C=O) groups excluding carboxylic acids is 1. The molecule has 0 spiro atoms. The van der Waals surface area contributed by atoms with Crippen LogP contribution >= 0.6 is 15.9 Å². The molecule has 0 fully saturated rings. The summed E-state index contributed by atoms with van der Waals surface area (Å²) in [5, 5.41) is 10.8. The van der Waals surface area contributed by atoms with Crippen molar-refractivity contribution in [2.24, 2.45) is 5.10 Å². The van der Waals surface area contributed by atoms with Crippen LogP contribution in [0.4, 0.5) is 0 Å². The van der Waals surface area contributed by atoms with Gasteiger partial charge in [0.25, 0.3) is 5.91 Å². The van der Waals surface area contributed by atoms with E-state index in [9.17, 15) is 4.79 Å². The summed E-state index contributed by atoms with van der Waals surface area (Å²) < 4.78 is 11.4. The normalized spacial score (nSPS) is 10.8. The number of H-pyrrole nitrogens is 1. The van der Waals surface area contributed by atoms with Crippen molar-refractivity contribution < 1.29 is 14.3 Å². The predicted octanol–water partition coefficient (Wildman–Crippen LogP) is 3.62. The molecule has 27 heavy (non-hydrogen) atoms. The van der Waals surface area contributed by atoms with E-state index in [4.69, 9.17) is 9.47 Å². The quantitative estimate of drug-likeness (QED) is 0.463. The number of rotatable bonds is 6. The van der Waals surface area contributed by atoms with Gasteiger partial charge in [-0.3, -0.25) is 9.89 Å². The van der Waals surface area contributed by atoms with E-state index in [0.29, 0.717) is 22.9 Å². The first-order valence-electron chi connectivity index (χ1n) is 7.97. The van der Waals surface area contributed by atoms with Crippen molar-refractivity contribution in [3.63, 3.8) is 0 Å². The van der Waals surface area contributed by atoms with Crippen molar-refractivity contribution in [1.29, 1.82) is 0 Å². The van der Waals surface area contributed by atoms with Crippen molar-refractivity contribution in [3.8, 4) is 22.8 Å². The Kier molecular flexibility index (Phi) is 5.87. The van der Waals surface area contributed by atoms with E-state index in [-0.39, 0.29) is 5.91 Å². The number of benzene rings is 2. The fourth-order valence-electron chi connectivity index (χ4n) is 2.37.